The van der Waals surface area contributed by atoms with E-state index in [0.717, 1.165) is 29.9 Å². The van der Waals surface area contributed by atoms with Crippen LogP contribution < -0.4 is 0 Å². The van der Waals surface area contributed by atoms with Crippen LogP contribution in [-0.4, -0.2) is 27.9 Å². The van der Waals surface area contributed by atoms with Gasteiger partial charge in [0.15, 0.2) is 5.82 Å². The molecule has 0 amide bonds. The minimum absolute atomic E-state index is 0.270. The number of benzene rings is 1. The monoisotopic (exact) mass is 269 g/mol. The lowest BCUT2D eigenvalue weighted by molar-refractivity contribution is 0.192. The number of nitrogens with zero attached hydrogens (tertiary/aromatic N) is 3. The van der Waals surface area contributed by atoms with Crippen LogP contribution in [0.15, 0.2) is 35.0 Å². The molecular formula is C15H15N3O2. The van der Waals surface area contributed by atoms with Crippen molar-refractivity contribution >= 4 is 10.9 Å². The van der Waals surface area contributed by atoms with Crippen molar-refractivity contribution < 1.29 is 9.26 Å². The topological polar surface area (TPSA) is 53.1 Å². The van der Waals surface area contributed by atoms with Gasteiger partial charge in [0.25, 0.3) is 5.89 Å². The third-order valence-corrected chi connectivity index (χ3v) is 3.87. The Kier molecular flexibility index (Phi) is 2.60. The van der Waals surface area contributed by atoms with Crippen molar-refractivity contribution in [3.63, 3.8) is 0 Å². The quantitative estimate of drug-likeness (QED) is 0.717. The average Bonchev–Trinajstić information content (AvgIpc) is 3.18. The molecule has 102 valence electrons. The van der Waals surface area contributed by atoms with Crippen molar-refractivity contribution in [1.82, 2.24) is 14.7 Å². The van der Waals surface area contributed by atoms with Crippen LogP contribution in [0.25, 0.3) is 22.4 Å². The predicted octanol–water partition coefficient (Wildman–Crippen LogP) is 2.73. The zero-order chi connectivity index (χ0) is 13.5. The molecule has 0 N–H and O–H groups in total. The van der Waals surface area contributed by atoms with Gasteiger partial charge in [0.2, 0.25) is 0 Å². The highest BCUT2D eigenvalue weighted by Crippen LogP contribution is 2.27. The molecule has 1 aliphatic heterocycles. The lowest BCUT2D eigenvalue weighted by atomic mass is 10.1. The zero-order valence-electron chi connectivity index (χ0n) is 11.2. The molecule has 5 heteroatoms. The molecule has 4 rings (SSSR count). The van der Waals surface area contributed by atoms with E-state index < -0.39 is 0 Å². The van der Waals surface area contributed by atoms with Gasteiger partial charge in [0.1, 0.15) is 0 Å². The number of ether oxygens (including phenoxy) is 1. The van der Waals surface area contributed by atoms with Crippen LogP contribution in [0.4, 0.5) is 0 Å². The first-order valence-corrected chi connectivity index (χ1v) is 6.78. The van der Waals surface area contributed by atoms with Gasteiger partial charge in [-0.05, 0) is 30.0 Å². The van der Waals surface area contributed by atoms with Crippen LogP contribution in [0, 0.1) is 0 Å². The summed E-state index contributed by atoms with van der Waals surface area (Å²) >= 11 is 0. The summed E-state index contributed by atoms with van der Waals surface area (Å²) in [6.07, 6.45) is 3.01. The van der Waals surface area contributed by atoms with Crippen LogP contribution in [0.5, 0.6) is 0 Å². The molecule has 1 saturated heterocycles. The van der Waals surface area contributed by atoms with Gasteiger partial charge in [0.05, 0.1) is 6.61 Å². The third kappa shape index (κ3) is 1.82. The number of aryl methyl sites for hydroxylation is 1. The summed E-state index contributed by atoms with van der Waals surface area (Å²) in [5.74, 6) is 1.60. The van der Waals surface area contributed by atoms with E-state index in [-0.39, 0.29) is 5.92 Å². The van der Waals surface area contributed by atoms with E-state index in [1.54, 1.807) is 0 Å². The Balaban J connectivity index is 1.72. The van der Waals surface area contributed by atoms with Gasteiger partial charge in [-0.1, -0.05) is 11.2 Å². The molecule has 1 fully saturated rings. The highest BCUT2D eigenvalue weighted by Gasteiger charge is 2.23. The lowest BCUT2D eigenvalue weighted by Gasteiger charge is -1.99. The Morgan fingerprint density at radius 2 is 2.25 bits per heavy atom. The van der Waals surface area contributed by atoms with Crippen molar-refractivity contribution in [1.29, 1.82) is 0 Å². The van der Waals surface area contributed by atoms with E-state index in [9.17, 15) is 0 Å². The van der Waals surface area contributed by atoms with Crippen molar-refractivity contribution in [2.24, 2.45) is 7.05 Å². The molecule has 1 atom stereocenters. The Labute approximate surface area is 116 Å². The second kappa shape index (κ2) is 4.45. The Hall–Kier alpha value is -2.14. The van der Waals surface area contributed by atoms with Crippen LogP contribution in [-0.2, 0) is 11.8 Å². The number of rotatable bonds is 2. The molecule has 0 aliphatic carbocycles. The summed E-state index contributed by atoms with van der Waals surface area (Å²) in [4.78, 5) is 4.52. The Bertz CT molecular complexity index is 753. The van der Waals surface area contributed by atoms with Gasteiger partial charge in [-0.3, -0.25) is 0 Å². The fourth-order valence-electron chi connectivity index (χ4n) is 2.65. The maximum atomic E-state index is 5.40. The van der Waals surface area contributed by atoms with Crippen molar-refractivity contribution in [2.75, 3.05) is 13.2 Å². The largest absolute Gasteiger partial charge is 0.381 e. The normalized spacial score (nSPS) is 18.9. The summed E-state index contributed by atoms with van der Waals surface area (Å²) < 4.78 is 12.9. The average molecular weight is 269 g/mol. The number of aromatic nitrogens is 3. The number of hydrogen-bond donors (Lipinski definition) is 0. The minimum Gasteiger partial charge on any atom is -0.381 e. The van der Waals surface area contributed by atoms with Gasteiger partial charge in [0, 0.05) is 36.8 Å². The first-order chi connectivity index (χ1) is 9.81. The molecule has 1 aromatic carbocycles. The highest BCUT2D eigenvalue weighted by molar-refractivity contribution is 5.84. The third-order valence-electron chi connectivity index (χ3n) is 3.87. The molecule has 3 heterocycles. The van der Waals surface area contributed by atoms with Crippen LogP contribution >= 0.6 is 0 Å². The van der Waals surface area contributed by atoms with Crippen molar-refractivity contribution in [2.45, 2.75) is 12.3 Å². The lowest BCUT2D eigenvalue weighted by Crippen LogP contribution is -1.99. The van der Waals surface area contributed by atoms with E-state index in [2.05, 4.69) is 32.9 Å². The molecule has 20 heavy (non-hydrogen) atoms. The molecule has 0 bridgehead atoms. The fraction of sp³-hybridized carbons (Fsp3) is 0.333. The Morgan fingerprint density at radius 3 is 3.10 bits per heavy atom. The van der Waals surface area contributed by atoms with Gasteiger partial charge >= 0.3 is 0 Å². The summed E-state index contributed by atoms with van der Waals surface area (Å²) in [5, 5.41) is 5.30. The predicted molar refractivity (Wildman–Crippen MR) is 74.4 cm³/mol. The zero-order valence-corrected chi connectivity index (χ0v) is 11.2. The maximum Gasteiger partial charge on any atom is 0.258 e. The second-order valence-electron chi connectivity index (χ2n) is 5.22. The van der Waals surface area contributed by atoms with Crippen LogP contribution in [0.2, 0.25) is 0 Å². The standard InChI is InChI=1S/C15H15N3O2/c1-18-6-4-10-2-3-11(8-13(10)18)15-16-14(17-20-15)12-5-7-19-9-12/h2-4,6,8,12H,5,7,9H2,1H3. The maximum absolute atomic E-state index is 5.40. The molecule has 0 radical (unpaired) electrons. The van der Waals surface area contributed by atoms with Crippen LogP contribution in [0.1, 0.15) is 18.2 Å². The van der Waals surface area contributed by atoms with Gasteiger partial charge < -0.3 is 13.8 Å². The molecular weight excluding hydrogens is 254 g/mol. The summed E-state index contributed by atoms with van der Waals surface area (Å²) in [7, 11) is 2.03. The molecule has 1 aliphatic rings. The smallest absolute Gasteiger partial charge is 0.258 e. The summed E-state index contributed by atoms with van der Waals surface area (Å²) in [6, 6.07) is 8.27. The highest BCUT2D eigenvalue weighted by atomic mass is 16.5. The number of fused-ring (bicyclic) bond motifs is 1. The van der Waals surface area contributed by atoms with E-state index in [1.807, 2.05) is 19.3 Å². The first kappa shape index (κ1) is 11.7. The summed E-state index contributed by atoms with van der Waals surface area (Å²) in [6.45, 7) is 1.47. The van der Waals surface area contributed by atoms with Crippen molar-refractivity contribution in [3.05, 3.63) is 36.3 Å². The summed E-state index contributed by atoms with van der Waals surface area (Å²) in [5.41, 5.74) is 2.11. The van der Waals surface area contributed by atoms with Gasteiger partial charge in [-0.25, -0.2) is 0 Å². The van der Waals surface area contributed by atoms with E-state index in [0.29, 0.717) is 12.5 Å². The molecule has 0 saturated carbocycles. The Morgan fingerprint density at radius 1 is 1.30 bits per heavy atom. The fourth-order valence-corrected chi connectivity index (χ4v) is 2.65. The number of hydrogen-bond acceptors (Lipinski definition) is 4. The van der Waals surface area contributed by atoms with Gasteiger partial charge in [-0.15, -0.1) is 0 Å². The van der Waals surface area contributed by atoms with Gasteiger partial charge in [-0.2, -0.15) is 4.98 Å². The SMILES string of the molecule is Cn1ccc2ccc(-c3nc(C4CCOC4)no3)cc21. The molecule has 0 spiro atoms. The molecule has 2 aromatic heterocycles. The van der Waals surface area contributed by atoms with E-state index >= 15 is 0 Å². The van der Waals surface area contributed by atoms with E-state index in [4.69, 9.17) is 9.26 Å². The van der Waals surface area contributed by atoms with Crippen LogP contribution in [0.3, 0.4) is 0 Å². The molecule has 3 aromatic rings. The van der Waals surface area contributed by atoms with E-state index in [1.165, 1.54) is 5.39 Å². The minimum atomic E-state index is 0.270. The molecule has 1 unspecified atom stereocenters. The molecule has 5 nitrogen and oxygen atoms in total. The first-order valence-electron chi connectivity index (χ1n) is 6.78. The second-order valence-corrected chi connectivity index (χ2v) is 5.22. The van der Waals surface area contributed by atoms with Crippen molar-refractivity contribution in [3.8, 4) is 11.5 Å².